The van der Waals surface area contributed by atoms with Crippen LogP contribution in [-0.4, -0.2) is 27.5 Å². The highest BCUT2D eigenvalue weighted by Crippen LogP contribution is 2.35. The van der Waals surface area contributed by atoms with Crippen molar-refractivity contribution in [3.63, 3.8) is 0 Å². The third kappa shape index (κ3) is 2.29. The summed E-state index contributed by atoms with van der Waals surface area (Å²) in [5, 5.41) is 8.18. The molecule has 0 aliphatic heterocycles. The minimum atomic E-state index is 0.137. The Morgan fingerprint density at radius 1 is 1.43 bits per heavy atom. The van der Waals surface area contributed by atoms with Gasteiger partial charge in [0.1, 0.15) is 5.78 Å². The Bertz CT molecular complexity index is 339. The van der Waals surface area contributed by atoms with E-state index in [9.17, 15) is 4.79 Å². The Hall–Kier alpha value is -0.0700. The monoisotopic (exact) mass is 246 g/mol. The molecule has 0 amide bonds. The summed E-state index contributed by atoms with van der Waals surface area (Å²) in [5.74, 6) is 0.371. The van der Waals surface area contributed by atoms with Crippen molar-refractivity contribution >= 4 is 40.6 Å². The van der Waals surface area contributed by atoms with Gasteiger partial charge in [-0.25, -0.2) is 0 Å². The van der Waals surface area contributed by atoms with Gasteiger partial charge in [0.2, 0.25) is 0 Å². The van der Waals surface area contributed by atoms with Crippen LogP contribution in [0.2, 0.25) is 0 Å². The van der Waals surface area contributed by atoms with E-state index in [4.69, 9.17) is 0 Å². The highest BCUT2D eigenvalue weighted by molar-refractivity contribution is 8.03. The van der Waals surface area contributed by atoms with E-state index in [0.717, 1.165) is 27.9 Å². The second-order valence-electron chi connectivity index (χ2n) is 3.00. The fourth-order valence-corrected chi connectivity index (χ4v) is 4.16. The maximum absolute atomic E-state index is 11.4. The predicted octanol–water partition coefficient (Wildman–Crippen LogP) is 2.47. The first-order chi connectivity index (χ1) is 6.79. The number of carbonyl (C=O) groups excluding carboxylic acids is 1. The van der Waals surface area contributed by atoms with E-state index >= 15 is 0 Å². The largest absolute Gasteiger partial charge is 0.298 e. The van der Waals surface area contributed by atoms with Gasteiger partial charge >= 0.3 is 0 Å². The van der Waals surface area contributed by atoms with E-state index in [1.54, 1.807) is 34.9 Å². The summed E-state index contributed by atoms with van der Waals surface area (Å²) in [4.78, 5) is 11.4. The molecule has 1 unspecified atom stereocenters. The van der Waals surface area contributed by atoms with E-state index in [1.807, 2.05) is 6.26 Å². The third-order valence-corrected chi connectivity index (χ3v) is 5.35. The minimum absolute atomic E-state index is 0.137. The van der Waals surface area contributed by atoms with Crippen LogP contribution >= 0.6 is 34.9 Å². The van der Waals surface area contributed by atoms with Gasteiger partial charge in [-0.05, 0) is 19.1 Å². The minimum Gasteiger partial charge on any atom is -0.298 e. The molecule has 1 aromatic rings. The summed E-state index contributed by atoms with van der Waals surface area (Å²) in [6.07, 6.45) is 4.75. The standard InChI is InChI=1S/C8H10N2OS3/c1-12-7-9-10-8(14-7)13-6-4-2-3-5(6)11/h6H,2-4H2,1H3. The lowest BCUT2D eigenvalue weighted by Gasteiger charge is -2.01. The molecule has 14 heavy (non-hydrogen) atoms. The Labute approximate surface area is 95.1 Å². The molecule has 1 saturated carbocycles. The van der Waals surface area contributed by atoms with Crippen LogP contribution in [0.15, 0.2) is 8.68 Å². The summed E-state index contributed by atoms with van der Waals surface area (Å²) < 4.78 is 1.90. The molecule has 0 saturated heterocycles. The van der Waals surface area contributed by atoms with Gasteiger partial charge in [0.15, 0.2) is 8.68 Å². The van der Waals surface area contributed by atoms with Crippen molar-refractivity contribution in [2.45, 2.75) is 33.2 Å². The van der Waals surface area contributed by atoms with Gasteiger partial charge in [0, 0.05) is 6.42 Å². The number of ketones is 1. The van der Waals surface area contributed by atoms with Gasteiger partial charge in [0.05, 0.1) is 5.25 Å². The van der Waals surface area contributed by atoms with Gasteiger partial charge in [-0.1, -0.05) is 34.9 Å². The van der Waals surface area contributed by atoms with Crippen LogP contribution in [0.4, 0.5) is 0 Å². The summed E-state index contributed by atoms with van der Waals surface area (Å²) >= 11 is 4.75. The lowest BCUT2D eigenvalue weighted by molar-refractivity contribution is -0.116. The van der Waals surface area contributed by atoms with E-state index in [0.29, 0.717) is 5.78 Å². The van der Waals surface area contributed by atoms with Crippen molar-refractivity contribution < 1.29 is 4.79 Å². The second-order valence-corrected chi connectivity index (χ2v) is 6.48. The zero-order chi connectivity index (χ0) is 9.97. The van der Waals surface area contributed by atoms with Crippen molar-refractivity contribution in [3.05, 3.63) is 0 Å². The predicted molar refractivity (Wildman–Crippen MR) is 60.2 cm³/mol. The summed E-state index contributed by atoms with van der Waals surface area (Å²) in [6, 6.07) is 0. The van der Waals surface area contributed by atoms with Gasteiger partial charge in [-0.3, -0.25) is 4.79 Å². The Kier molecular flexibility index (Phi) is 3.46. The molecule has 2 rings (SSSR count). The molecule has 0 radical (unpaired) electrons. The van der Waals surface area contributed by atoms with Crippen LogP contribution < -0.4 is 0 Å². The zero-order valence-corrected chi connectivity index (χ0v) is 10.2. The molecule has 0 aromatic carbocycles. The SMILES string of the molecule is CSc1nnc(SC2CCCC2=O)s1. The number of carbonyl (C=O) groups is 1. The lowest BCUT2D eigenvalue weighted by atomic mass is 10.3. The summed E-state index contributed by atoms with van der Waals surface area (Å²) in [6.45, 7) is 0. The number of Topliss-reactive ketones (excluding diaryl/α,β-unsaturated/α-hetero) is 1. The van der Waals surface area contributed by atoms with E-state index in [2.05, 4.69) is 10.2 Å². The quantitative estimate of drug-likeness (QED) is 0.767. The van der Waals surface area contributed by atoms with Gasteiger partial charge < -0.3 is 0 Å². The normalized spacial score (nSPS) is 21.8. The molecule has 1 heterocycles. The van der Waals surface area contributed by atoms with Crippen LogP contribution in [0.25, 0.3) is 0 Å². The summed E-state index contributed by atoms with van der Waals surface area (Å²) in [7, 11) is 0. The van der Waals surface area contributed by atoms with Gasteiger partial charge in [0.25, 0.3) is 0 Å². The van der Waals surface area contributed by atoms with Crippen LogP contribution in [0.3, 0.4) is 0 Å². The number of nitrogens with zero attached hydrogens (tertiary/aromatic N) is 2. The maximum Gasteiger partial charge on any atom is 0.175 e. The molecule has 1 aliphatic rings. The Morgan fingerprint density at radius 2 is 2.21 bits per heavy atom. The van der Waals surface area contributed by atoms with Crippen molar-refractivity contribution in [1.29, 1.82) is 0 Å². The third-order valence-electron chi connectivity index (χ3n) is 2.05. The zero-order valence-electron chi connectivity index (χ0n) is 7.73. The first-order valence-corrected chi connectivity index (χ1v) is 7.28. The van der Waals surface area contributed by atoms with Crippen molar-refractivity contribution in [2.75, 3.05) is 6.26 Å². The molecular formula is C8H10N2OS3. The first-order valence-electron chi connectivity index (χ1n) is 4.36. The van der Waals surface area contributed by atoms with E-state index in [-0.39, 0.29) is 5.25 Å². The topological polar surface area (TPSA) is 42.9 Å². The molecule has 0 spiro atoms. The molecule has 76 valence electrons. The molecule has 6 heteroatoms. The number of rotatable bonds is 3. The van der Waals surface area contributed by atoms with Crippen molar-refractivity contribution in [1.82, 2.24) is 10.2 Å². The van der Waals surface area contributed by atoms with Crippen LogP contribution in [0.5, 0.6) is 0 Å². The second kappa shape index (κ2) is 4.63. The molecule has 0 bridgehead atoms. The average molecular weight is 246 g/mol. The highest BCUT2D eigenvalue weighted by atomic mass is 32.2. The fraction of sp³-hybridized carbons (Fsp3) is 0.625. The van der Waals surface area contributed by atoms with Crippen LogP contribution in [-0.2, 0) is 4.79 Å². The summed E-state index contributed by atoms with van der Waals surface area (Å²) in [5.41, 5.74) is 0. The number of hydrogen-bond donors (Lipinski definition) is 0. The van der Waals surface area contributed by atoms with Crippen molar-refractivity contribution in [2.24, 2.45) is 0 Å². The molecular weight excluding hydrogens is 236 g/mol. The molecule has 0 N–H and O–H groups in total. The smallest absolute Gasteiger partial charge is 0.175 e. The van der Waals surface area contributed by atoms with E-state index in [1.165, 1.54) is 0 Å². The maximum atomic E-state index is 11.4. The highest BCUT2D eigenvalue weighted by Gasteiger charge is 2.26. The molecule has 1 aromatic heterocycles. The van der Waals surface area contributed by atoms with Gasteiger partial charge in [-0.2, -0.15) is 0 Å². The first kappa shape index (κ1) is 10.4. The Balaban J connectivity index is 1.99. The van der Waals surface area contributed by atoms with Crippen molar-refractivity contribution in [3.8, 4) is 0 Å². The van der Waals surface area contributed by atoms with Gasteiger partial charge in [-0.15, -0.1) is 10.2 Å². The molecule has 1 fully saturated rings. The number of thioether (sulfide) groups is 2. The number of hydrogen-bond acceptors (Lipinski definition) is 6. The van der Waals surface area contributed by atoms with Crippen LogP contribution in [0.1, 0.15) is 19.3 Å². The lowest BCUT2D eigenvalue weighted by Crippen LogP contribution is -2.07. The molecule has 1 aliphatic carbocycles. The average Bonchev–Trinajstić information content (AvgIpc) is 2.77. The van der Waals surface area contributed by atoms with E-state index < -0.39 is 0 Å². The molecule has 3 nitrogen and oxygen atoms in total. The fourth-order valence-electron chi connectivity index (χ4n) is 1.36. The molecule has 1 atom stereocenters. The van der Waals surface area contributed by atoms with Crippen LogP contribution in [0, 0.1) is 0 Å². The number of aromatic nitrogens is 2. The Morgan fingerprint density at radius 3 is 2.79 bits per heavy atom.